The summed E-state index contributed by atoms with van der Waals surface area (Å²) in [6.45, 7) is 6.40. The van der Waals surface area contributed by atoms with E-state index in [0.717, 1.165) is 10.0 Å². The molecule has 0 fully saturated rings. The van der Waals surface area contributed by atoms with Gasteiger partial charge in [-0.15, -0.1) is 33.9 Å². The molecule has 1 heterocycles. The Bertz CT molecular complexity index is 411. The van der Waals surface area contributed by atoms with Crippen LogP contribution in [0.15, 0.2) is 0 Å². The highest BCUT2D eigenvalue weighted by atomic mass is 35.5. The zero-order valence-corrected chi connectivity index (χ0v) is 14.0. The van der Waals surface area contributed by atoms with Gasteiger partial charge in [0, 0.05) is 17.7 Å². The molecule has 0 aromatic carbocycles. The minimum absolute atomic E-state index is 0. The fourth-order valence-corrected chi connectivity index (χ4v) is 2.35. The van der Waals surface area contributed by atoms with E-state index in [9.17, 15) is 4.79 Å². The van der Waals surface area contributed by atoms with Crippen LogP contribution in [0, 0.1) is 6.92 Å². The summed E-state index contributed by atoms with van der Waals surface area (Å²) in [5, 5.41) is 12.7. The summed E-state index contributed by atoms with van der Waals surface area (Å²) in [6.07, 6.45) is 2.65. The van der Waals surface area contributed by atoms with Crippen LogP contribution in [-0.2, 0) is 11.2 Å². The second-order valence-corrected chi connectivity index (χ2v) is 7.27. The smallest absolute Gasteiger partial charge is 0.238 e. The summed E-state index contributed by atoms with van der Waals surface area (Å²) in [4.78, 5) is 11.9. The minimum Gasteiger partial charge on any atom is -0.354 e. The van der Waals surface area contributed by atoms with Crippen LogP contribution in [0.1, 0.15) is 23.9 Å². The number of nitrogens with zero attached hydrogens (tertiary/aromatic N) is 2. The van der Waals surface area contributed by atoms with Crippen LogP contribution in [0.5, 0.6) is 0 Å². The molecule has 1 atom stereocenters. The van der Waals surface area contributed by atoms with Crippen molar-refractivity contribution in [3.8, 4) is 0 Å². The van der Waals surface area contributed by atoms with Crippen LogP contribution in [0.2, 0.25) is 0 Å². The fourth-order valence-electron chi connectivity index (χ4n) is 1.28. The van der Waals surface area contributed by atoms with Crippen molar-refractivity contribution in [1.82, 2.24) is 15.5 Å². The summed E-state index contributed by atoms with van der Waals surface area (Å²) in [5.74, 6) is -0.115. The molecule has 0 aliphatic rings. The van der Waals surface area contributed by atoms with Gasteiger partial charge in [-0.05, 0) is 27.0 Å². The second kappa shape index (κ2) is 8.04. The topological polar surface area (TPSA) is 80.9 Å². The van der Waals surface area contributed by atoms with E-state index < -0.39 is 6.04 Å². The molecular formula is C11H21ClN4OS2. The summed E-state index contributed by atoms with van der Waals surface area (Å²) in [7, 11) is 0. The first-order valence-corrected chi connectivity index (χ1v) is 7.78. The zero-order chi connectivity index (χ0) is 13.8. The van der Waals surface area contributed by atoms with Crippen molar-refractivity contribution in [3.63, 3.8) is 0 Å². The SMILES string of the molecule is CSC(C)(C)[C@H](N)C(=O)NCCc1nnc(C)s1.Cl. The average molecular weight is 325 g/mol. The van der Waals surface area contributed by atoms with Gasteiger partial charge in [0.25, 0.3) is 0 Å². The Labute approximate surface area is 128 Å². The van der Waals surface area contributed by atoms with Crippen molar-refractivity contribution in [3.05, 3.63) is 10.0 Å². The molecule has 3 N–H and O–H groups in total. The number of amides is 1. The first kappa shape index (κ1) is 18.6. The van der Waals surface area contributed by atoms with E-state index in [1.54, 1.807) is 23.1 Å². The lowest BCUT2D eigenvalue weighted by molar-refractivity contribution is -0.122. The van der Waals surface area contributed by atoms with E-state index in [4.69, 9.17) is 5.73 Å². The molecule has 0 aliphatic carbocycles. The van der Waals surface area contributed by atoms with Crippen LogP contribution in [0.25, 0.3) is 0 Å². The highest BCUT2D eigenvalue weighted by Gasteiger charge is 2.30. The molecule has 1 rings (SSSR count). The zero-order valence-electron chi connectivity index (χ0n) is 11.6. The number of hydrogen-bond acceptors (Lipinski definition) is 6. The number of carbonyl (C=O) groups excluding carboxylic acids is 1. The van der Waals surface area contributed by atoms with E-state index in [2.05, 4.69) is 15.5 Å². The van der Waals surface area contributed by atoms with E-state index in [1.165, 1.54) is 0 Å². The third-order valence-corrected chi connectivity index (χ3v) is 4.97. The number of nitrogens with two attached hydrogens (primary N) is 1. The highest BCUT2D eigenvalue weighted by Crippen LogP contribution is 2.24. The molecule has 0 unspecified atom stereocenters. The monoisotopic (exact) mass is 324 g/mol. The van der Waals surface area contributed by atoms with Crippen molar-refractivity contribution < 1.29 is 4.79 Å². The molecule has 0 saturated heterocycles. The third kappa shape index (κ3) is 5.64. The lowest BCUT2D eigenvalue weighted by Gasteiger charge is -2.28. The van der Waals surface area contributed by atoms with Gasteiger partial charge < -0.3 is 11.1 Å². The normalized spacial score (nSPS) is 12.7. The Hall–Kier alpha value is -0.370. The van der Waals surface area contributed by atoms with E-state index in [-0.39, 0.29) is 23.1 Å². The van der Waals surface area contributed by atoms with Crippen molar-refractivity contribution in [2.75, 3.05) is 12.8 Å². The molecule has 110 valence electrons. The van der Waals surface area contributed by atoms with Crippen molar-refractivity contribution >= 4 is 41.4 Å². The Kier molecular flexibility index (Phi) is 7.88. The van der Waals surface area contributed by atoms with Crippen LogP contribution in [0.4, 0.5) is 0 Å². The van der Waals surface area contributed by atoms with E-state index in [0.29, 0.717) is 13.0 Å². The van der Waals surface area contributed by atoms with Crippen molar-refractivity contribution in [2.45, 2.75) is 38.0 Å². The number of thioether (sulfide) groups is 1. The average Bonchev–Trinajstić information content (AvgIpc) is 2.74. The Morgan fingerprint density at radius 1 is 1.53 bits per heavy atom. The number of aromatic nitrogens is 2. The maximum atomic E-state index is 11.9. The fraction of sp³-hybridized carbons (Fsp3) is 0.727. The number of carbonyl (C=O) groups is 1. The van der Waals surface area contributed by atoms with Crippen molar-refractivity contribution in [1.29, 1.82) is 0 Å². The minimum atomic E-state index is -0.511. The molecule has 19 heavy (non-hydrogen) atoms. The molecule has 0 radical (unpaired) electrons. The third-order valence-electron chi connectivity index (χ3n) is 2.76. The summed E-state index contributed by atoms with van der Waals surface area (Å²) < 4.78 is -0.261. The Morgan fingerprint density at radius 3 is 2.63 bits per heavy atom. The summed E-state index contributed by atoms with van der Waals surface area (Å²) in [6, 6.07) is -0.511. The van der Waals surface area contributed by atoms with Gasteiger partial charge >= 0.3 is 0 Å². The van der Waals surface area contributed by atoms with E-state index in [1.807, 2.05) is 27.0 Å². The lowest BCUT2D eigenvalue weighted by Crippen LogP contribution is -2.52. The van der Waals surface area contributed by atoms with Crippen LogP contribution >= 0.6 is 35.5 Å². The number of halogens is 1. The standard InChI is InChI=1S/C11H20N4OS2.ClH/c1-7-14-15-8(18-7)5-6-13-10(16)9(12)11(2,3)17-4;/h9H,5-6,12H2,1-4H3,(H,13,16);1H/t9-;/m1./s1. The lowest BCUT2D eigenvalue weighted by atomic mass is 10.0. The Morgan fingerprint density at radius 2 is 2.16 bits per heavy atom. The molecule has 1 aromatic heterocycles. The Balaban J connectivity index is 0.00000324. The second-order valence-electron chi connectivity index (χ2n) is 4.54. The first-order chi connectivity index (χ1) is 8.36. The molecule has 0 spiro atoms. The highest BCUT2D eigenvalue weighted by molar-refractivity contribution is 8.00. The van der Waals surface area contributed by atoms with Gasteiger partial charge in [-0.2, -0.15) is 11.8 Å². The van der Waals surface area contributed by atoms with Gasteiger partial charge in [-0.3, -0.25) is 4.79 Å². The molecule has 0 aliphatic heterocycles. The van der Waals surface area contributed by atoms with Gasteiger partial charge in [0.15, 0.2) is 0 Å². The predicted molar refractivity (Wildman–Crippen MR) is 84.2 cm³/mol. The maximum Gasteiger partial charge on any atom is 0.238 e. The van der Waals surface area contributed by atoms with Gasteiger partial charge in [-0.25, -0.2) is 0 Å². The molecule has 0 bridgehead atoms. The van der Waals surface area contributed by atoms with E-state index >= 15 is 0 Å². The van der Waals surface area contributed by atoms with Gasteiger partial charge in [0.2, 0.25) is 5.91 Å². The molecule has 0 saturated carbocycles. The van der Waals surface area contributed by atoms with Gasteiger partial charge in [0.05, 0.1) is 6.04 Å². The quantitative estimate of drug-likeness (QED) is 0.826. The van der Waals surface area contributed by atoms with Gasteiger partial charge in [-0.1, -0.05) is 0 Å². The largest absolute Gasteiger partial charge is 0.354 e. The first-order valence-electron chi connectivity index (χ1n) is 5.74. The van der Waals surface area contributed by atoms with Crippen LogP contribution < -0.4 is 11.1 Å². The molecule has 1 aromatic rings. The predicted octanol–water partition coefficient (Wildman–Crippen LogP) is 1.40. The molecule has 5 nitrogen and oxygen atoms in total. The molecule has 8 heteroatoms. The number of nitrogens with one attached hydrogen (secondary N) is 1. The van der Waals surface area contributed by atoms with Crippen molar-refractivity contribution in [2.24, 2.45) is 5.73 Å². The number of aryl methyl sites for hydroxylation is 1. The molecule has 1 amide bonds. The maximum absolute atomic E-state index is 11.9. The summed E-state index contributed by atoms with van der Waals surface area (Å²) >= 11 is 3.14. The summed E-state index contributed by atoms with van der Waals surface area (Å²) in [5.41, 5.74) is 5.93. The molecular weight excluding hydrogens is 304 g/mol. The van der Waals surface area contributed by atoms with Gasteiger partial charge in [0.1, 0.15) is 10.0 Å². The van der Waals surface area contributed by atoms with Crippen LogP contribution in [0.3, 0.4) is 0 Å². The number of rotatable bonds is 6. The van der Waals surface area contributed by atoms with Crippen LogP contribution in [-0.4, -0.2) is 39.7 Å². The number of hydrogen-bond donors (Lipinski definition) is 2.